The smallest absolute Gasteiger partial charge is 0.309 e. The predicted octanol–water partition coefficient (Wildman–Crippen LogP) is -2.38. The number of anilines is 2. The normalized spacial score (nSPS) is 21.3. The molecule has 3 aromatic rings. The minimum absolute atomic E-state index is 0.0197. The quantitative estimate of drug-likeness (QED) is 0.115. The molecule has 1 saturated carbocycles. The molecule has 196 valence electrons. The number of oxime groups is 1. The number of β-lactam (4-membered cyclic amide) rings is 1. The van der Waals surface area contributed by atoms with E-state index < -0.39 is 29.2 Å². The van der Waals surface area contributed by atoms with E-state index in [0.717, 1.165) is 29.3 Å². The standard InChI is InChI=1S/C21H20N10O5S2/c22-11-7-29(12-2-1-5-24-31(11)12)6-9-8-37-19-14(18(33)30(19)15(9)20(34)35)25-17(32)13(27-36-10-3-4-10)16-26-21(23)38-28-16/h1-2,5,7,10,14,19H,3-4,6,8H2,(H5-,22,23,24,25,26,28,32,34,35)/b27-13-/t14-,19-/m1/s1. The Bertz CT molecular complexity index is 1540. The fraction of sp³-hybridized carbons (Fsp3) is 0.333. The van der Waals surface area contributed by atoms with Crippen LogP contribution < -0.4 is 26.5 Å². The number of hydrogen-bond donors (Lipinski definition) is 3. The molecule has 2 atom stereocenters. The molecule has 1 aliphatic carbocycles. The van der Waals surface area contributed by atoms with Crippen LogP contribution in [0.3, 0.4) is 0 Å². The molecular formula is C21H20N10O5S2. The molecular weight excluding hydrogens is 536 g/mol. The summed E-state index contributed by atoms with van der Waals surface area (Å²) in [5.74, 6) is -2.17. The SMILES string of the molecule is Nc1nc(/C(=N/OC2CC2)C(=O)N[C@@H]2C(=O)N3C(C(=O)[O-])=C(C[n+]4cc(N)n5ncccc54)CS[C@H]23)ns1. The van der Waals surface area contributed by atoms with Crippen LogP contribution in [0.25, 0.3) is 5.65 Å². The fourth-order valence-corrected chi connectivity index (χ4v) is 5.98. The summed E-state index contributed by atoms with van der Waals surface area (Å²) >= 11 is 2.21. The molecule has 5 N–H and O–H groups in total. The third-order valence-corrected chi connectivity index (χ3v) is 8.01. The van der Waals surface area contributed by atoms with Crippen molar-refractivity contribution in [2.45, 2.75) is 36.9 Å². The molecule has 2 amide bonds. The number of hydrogen-bond acceptors (Lipinski definition) is 13. The lowest BCUT2D eigenvalue weighted by atomic mass is 10.0. The van der Waals surface area contributed by atoms with E-state index in [0.29, 0.717) is 17.0 Å². The first-order valence-electron chi connectivity index (χ1n) is 11.5. The second-order valence-corrected chi connectivity index (χ2v) is 10.7. The maximum atomic E-state index is 13.1. The molecule has 15 nitrogen and oxygen atoms in total. The van der Waals surface area contributed by atoms with Gasteiger partial charge in [0.25, 0.3) is 17.6 Å². The number of carboxylic acids is 1. The van der Waals surface area contributed by atoms with Gasteiger partial charge in [-0.05, 0) is 18.9 Å². The zero-order valence-electron chi connectivity index (χ0n) is 19.5. The van der Waals surface area contributed by atoms with E-state index in [2.05, 4.69) is 24.9 Å². The summed E-state index contributed by atoms with van der Waals surface area (Å²) in [5.41, 5.74) is 12.4. The van der Waals surface area contributed by atoms with Gasteiger partial charge in [-0.2, -0.15) is 9.36 Å². The summed E-state index contributed by atoms with van der Waals surface area (Å²) < 4.78 is 7.29. The lowest BCUT2D eigenvalue weighted by Gasteiger charge is -2.50. The van der Waals surface area contributed by atoms with Crippen molar-refractivity contribution in [3.63, 3.8) is 0 Å². The van der Waals surface area contributed by atoms with Gasteiger partial charge in [0.2, 0.25) is 11.5 Å². The van der Waals surface area contributed by atoms with Crippen LogP contribution in [0, 0.1) is 0 Å². The topological polar surface area (TPSA) is 210 Å². The Hall–Kier alpha value is -4.25. The van der Waals surface area contributed by atoms with E-state index in [4.69, 9.17) is 16.3 Å². The Morgan fingerprint density at radius 2 is 2.16 bits per heavy atom. The lowest BCUT2D eigenvalue weighted by Crippen LogP contribution is -2.71. The van der Waals surface area contributed by atoms with Crippen LogP contribution >= 0.6 is 23.3 Å². The van der Waals surface area contributed by atoms with E-state index in [1.54, 1.807) is 29.1 Å². The number of nitrogen functional groups attached to an aromatic ring is 2. The average molecular weight is 557 g/mol. The molecule has 3 aromatic heterocycles. The number of aliphatic carboxylic acids is 1. The molecule has 0 bridgehead atoms. The van der Waals surface area contributed by atoms with Gasteiger partial charge < -0.3 is 31.5 Å². The van der Waals surface area contributed by atoms with Crippen molar-refractivity contribution in [1.29, 1.82) is 0 Å². The molecule has 0 spiro atoms. The first kappa shape index (κ1) is 24.1. The molecule has 0 radical (unpaired) electrons. The number of fused-ring (bicyclic) bond motifs is 2. The fourth-order valence-electron chi connectivity index (χ4n) is 4.21. The number of carboxylic acid groups (broad SMARTS) is 1. The second-order valence-electron chi connectivity index (χ2n) is 8.78. The summed E-state index contributed by atoms with van der Waals surface area (Å²) in [4.78, 5) is 48.8. The van der Waals surface area contributed by atoms with Gasteiger partial charge in [0, 0.05) is 28.9 Å². The van der Waals surface area contributed by atoms with Crippen LogP contribution in [-0.2, 0) is 25.8 Å². The van der Waals surface area contributed by atoms with E-state index in [9.17, 15) is 19.5 Å². The van der Waals surface area contributed by atoms with E-state index in [1.165, 1.54) is 16.3 Å². The minimum Gasteiger partial charge on any atom is -0.543 e. The minimum atomic E-state index is -1.49. The molecule has 0 aromatic carbocycles. The van der Waals surface area contributed by atoms with Crippen molar-refractivity contribution in [3.05, 3.63) is 41.6 Å². The van der Waals surface area contributed by atoms with Crippen LogP contribution in [0.2, 0.25) is 0 Å². The molecule has 3 aliphatic rings. The van der Waals surface area contributed by atoms with E-state index >= 15 is 0 Å². The largest absolute Gasteiger partial charge is 0.543 e. The average Bonchev–Trinajstić information content (AvgIpc) is 3.55. The third kappa shape index (κ3) is 4.18. The summed E-state index contributed by atoms with van der Waals surface area (Å²) in [6.45, 7) is 0.155. The van der Waals surface area contributed by atoms with Gasteiger partial charge in [-0.15, -0.1) is 11.8 Å². The Labute approximate surface area is 222 Å². The van der Waals surface area contributed by atoms with Crippen molar-refractivity contribution in [3.8, 4) is 0 Å². The van der Waals surface area contributed by atoms with Crippen molar-refractivity contribution in [1.82, 2.24) is 29.2 Å². The molecule has 2 aliphatic heterocycles. The number of thioether (sulfide) groups is 1. The highest BCUT2D eigenvalue weighted by molar-refractivity contribution is 8.00. The molecule has 38 heavy (non-hydrogen) atoms. The van der Waals surface area contributed by atoms with Crippen molar-refractivity contribution in [2.75, 3.05) is 17.2 Å². The highest BCUT2D eigenvalue weighted by Gasteiger charge is 2.53. The number of amides is 2. The summed E-state index contributed by atoms with van der Waals surface area (Å²) in [7, 11) is 0. The predicted molar refractivity (Wildman–Crippen MR) is 132 cm³/mol. The molecule has 2 fully saturated rings. The Balaban J connectivity index is 1.23. The zero-order valence-corrected chi connectivity index (χ0v) is 21.1. The highest BCUT2D eigenvalue weighted by atomic mass is 32.2. The van der Waals surface area contributed by atoms with Gasteiger partial charge in [0.05, 0.1) is 17.9 Å². The van der Waals surface area contributed by atoms with Gasteiger partial charge >= 0.3 is 5.65 Å². The number of carbonyl (C=O) groups excluding carboxylic acids is 3. The number of carbonyl (C=O) groups is 3. The van der Waals surface area contributed by atoms with Crippen LogP contribution in [-0.4, -0.2) is 70.6 Å². The summed E-state index contributed by atoms with van der Waals surface area (Å²) in [6, 6.07) is 2.53. The monoisotopic (exact) mass is 556 g/mol. The van der Waals surface area contributed by atoms with Gasteiger partial charge in [-0.1, -0.05) is 14.8 Å². The van der Waals surface area contributed by atoms with Crippen molar-refractivity contribution >= 4 is 63.4 Å². The van der Waals surface area contributed by atoms with Gasteiger partial charge in [0.1, 0.15) is 24.1 Å². The van der Waals surface area contributed by atoms with E-state index in [-0.39, 0.29) is 40.8 Å². The number of nitrogens with zero attached hydrogens (tertiary/aromatic N) is 7. The van der Waals surface area contributed by atoms with Gasteiger partial charge in [0.15, 0.2) is 11.3 Å². The third-order valence-electron chi connectivity index (χ3n) is 6.13. The zero-order chi connectivity index (χ0) is 26.6. The van der Waals surface area contributed by atoms with Crippen molar-refractivity contribution in [2.24, 2.45) is 5.16 Å². The summed E-state index contributed by atoms with van der Waals surface area (Å²) in [5, 5.41) is 22.4. The number of imidazole rings is 1. The van der Waals surface area contributed by atoms with Crippen LogP contribution in [0.4, 0.5) is 10.9 Å². The first-order valence-corrected chi connectivity index (χ1v) is 13.3. The number of nitrogens with one attached hydrogen (secondary N) is 1. The second kappa shape index (κ2) is 9.25. The number of aromatic nitrogens is 5. The van der Waals surface area contributed by atoms with E-state index in [1.807, 2.05) is 0 Å². The van der Waals surface area contributed by atoms with Gasteiger partial charge in [-0.3, -0.25) is 14.5 Å². The van der Waals surface area contributed by atoms with Crippen molar-refractivity contribution < 1.29 is 28.9 Å². The summed E-state index contributed by atoms with van der Waals surface area (Å²) in [6.07, 6.45) is 4.78. The maximum Gasteiger partial charge on any atom is 0.309 e. The molecule has 0 unspecified atom stereocenters. The Kier molecular flexibility index (Phi) is 5.87. The van der Waals surface area contributed by atoms with Crippen LogP contribution in [0.1, 0.15) is 18.7 Å². The molecule has 1 saturated heterocycles. The molecule has 17 heteroatoms. The lowest BCUT2D eigenvalue weighted by molar-refractivity contribution is -0.662. The van der Waals surface area contributed by atoms with Gasteiger partial charge in [-0.25, -0.2) is 4.57 Å². The maximum absolute atomic E-state index is 13.1. The highest BCUT2D eigenvalue weighted by Crippen LogP contribution is 2.40. The molecule has 5 heterocycles. The first-order chi connectivity index (χ1) is 18.3. The molecule has 6 rings (SSSR count). The van der Waals surface area contributed by atoms with Crippen LogP contribution in [0.5, 0.6) is 0 Å². The number of nitrogens with two attached hydrogens (primary N) is 2. The van der Waals surface area contributed by atoms with Crippen LogP contribution in [0.15, 0.2) is 41.0 Å². The Morgan fingerprint density at radius 3 is 2.87 bits per heavy atom. The Morgan fingerprint density at radius 1 is 1.34 bits per heavy atom. The number of rotatable bonds is 8.